The highest BCUT2D eigenvalue weighted by Gasteiger charge is 2.30. The van der Waals surface area contributed by atoms with Gasteiger partial charge in [0.25, 0.3) is 10.1 Å². The molecule has 18 heavy (non-hydrogen) atoms. The summed E-state index contributed by atoms with van der Waals surface area (Å²) >= 11 is 0. The van der Waals surface area contributed by atoms with E-state index in [1.807, 2.05) is 0 Å². The summed E-state index contributed by atoms with van der Waals surface area (Å²) in [6.45, 7) is 3.82. The van der Waals surface area contributed by atoms with Crippen molar-refractivity contribution in [2.75, 3.05) is 0 Å². The van der Waals surface area contributed by atoms with Gasteiger partial charge in [-0.1, -0.05) is 0 Å². The molecule has 0 fully saturated rings. The Bertz CT molecular complexity index is 552. The van der Waals surface area contributed by atoms with E-state index in [1.54, 1.807) is 0 Å². The highest BCUT2D eigenvalue weighted by molar-refractivity contribution is 7.85. The molecule has 0 bridgehead atoms. The number of rotatable bonds is 3. The Morgan fingerprint density at radius 1 is 1.11 bits per heavy atom. The van der Waals surface area contributed by atoms with Crippen LogP contribution in [0.4, 0.5) is 13.2 Å². The van der Waals surface area contributed by atoms with Crippen LogP contribution in [-0.2, 0) is 10.1 Å². The molecule has 1 rings (SSSR count). The molecule has 0 aliphatic rings. The number of hydrogen-bond donors (Lipinski definition) is 1. The van der Waals surface area contributed by atoms with Gasteiger partial charge in [-0.15, -0.1) is 0 Å². The van der Waals surface area contributed by atoms with Crippen LogP contribution in [0.2, 0.25) is 0 Å². The van der Waals surface area contributed by atoms with Crippen LogP contribution in [0.1, 0.15) is 19.4 Å². The minimum absolute atomic E-state index is 0.635. The molecule has 8 heteroatoms. The molecule has 0 aromatic heterocycles. The maximum absolute atomic E-state index is 13.7. The molecular weight excluding hydrogens is 273 g/mol. The van der Waals surface area contributed by atoms with Crippen molar-refractivity contribution in [1.29, 1.82) is 0 Å². The van der Waals surface area contributed by atoms with E-state index in [2.05, 4.69) is 0 Å². The van der Waals surface area contributed by atoms with Crippen LogP contribution in [0.3, 0.4) is 0 Å². The van der Waals surface area contributed by atoms with Crippen LogP contribution in [0, 0.1) is 24.4 Å². The van der Waals surface area contributed by atoms with E-state index in [0.29, 0.717) is 0 Å². The summed E-state index contributed by atoms with van der Waals surface area (Å²) in [5.74, 6) is -6.03. The summed E-state index contributed by atoms with van der Waals surface area (Å²) in [7, 11) is -5.06. The fourth-order valence-corrected chi connectivity index (χ4v) is 2.17. The average molecular weight is 284 g/mol. The van der Waals surface area contributed by atoms with Crippen LogP contribution in [0.15, 0.2) is 4.90 Å². The molecule has 0 radical (unpaired) electrons. The highest BCUT2D eigenvalue weighted by atomic mass is 32.2. The average Bonchev–Trinajstić information content (AvgIpc) is 2.19. The first kappa shape index (κ1) is 14.8. The Labute approximate surface area is 102 Å². The van der Waals surface area contributed by atoms with Crippen molar-refractivity contribution in [3.8, 4) is 5.75 Å². The molecule has 0 atom stereocenters. The van der Waals surface area contributed by atoms with Crippen LogP contribution < -0.4 is 4.74 Å². The van der Waals surface area contributed by atoms with Crippen LogP contribution in [0.25, 0.3) is 0 Å². The standard InChI is InChI=1S/C10H11F3O4S/c1-4(2)17-9-6(11)5(3)10(18(14,15)16)8(13)7(9)12/h4H,1-3H3,(H,14,15,16). The second-order valence-electron chi connectivity index (χ2n) is 3.87. The largest absolute Gasteiger partial charge is 0.485 e. The molecule has 0 saturated carbocycles. The number of ether oxygens (including phenoxy) is 1. The van der Waals surface area contributed by atoms with Crippen molar-refractivity contribution < 1.29 is 30.9 Å². The Hall–Kier alpha value is -1.28. The van der Waals surface area contributed by atoms with Gasteiger partial charge in [-0.3, -0.25) is 4.55 Å². The lowest BCUT2D eigenvalue weighted by molar-refractivity contribution is 0.214. The number of halogens is 3. The van der Waals surface area contributed by atoms with Gasteiger partial charge in [0.15, 0.2) is 17.4 Å². The van der Waals surface area contributed by atoms with E-state index >= 15 is 0 Å². The van der Waals surface area contributed by atoms with Gasteiger partial charge in [-0.25, -0.2) is 8.78 Å². The van der Waals surface area contributed by atoms with Gasteiger partial charge in [0.1, 0.15) is 4.90 Å². The lowest BCUT2D eigenvalue weighted by atomic mass is 10.2. The lowest BCUT2D eigenvalue weighted by Crippen LogP contribution is -2.14. The van der Waals surface area contributed by atoms with Gasteiger partial charge in [-0.05, 0) is 20.8 Å². The Morgan fingerprint density at radius 2 is 1.61 bits per heavy atom. The predicted octanol–water partition coefficient (Wildman–Crippen LogP) is 2.45. The molecule has 0 aliphatic carbocycles. The smallest absolute Gasteiger partial charge is 0.297 e. The molecule has 1 aromatic rings. The molecule has 0 amide bonds. The van der Waals surface area contributed by atoms with E-state index in [0.717, 1.165) is 6.92 Å². The predicted molar refractivity (Wildman–Crippen MR) is 56.6 cm³/mol. The normalized spacial score (nSPS) is 12.0. The molecule has 1 N–H and O–H groups in total. The fourth-order valence-electron chi connectivity index (χ4n) is 1.38. The monoisotopic (exact) mass is 284 g/mol. The highest BCUT2D eigenvalue weighted by Crippen LogP contribution is 2.33. The SMILES string of the molecule is Cc1c(F)c(OC(C)C)c(F)c(F)c1S(=O)(=O)O. The topological polar surface area (TPSA) is 63.6 Å². The molecule has 1 aromatic carbocycles. The van der Waals surface area contributed by atoms with Crippen LogP contribution in [-0.4, -0.2) is 19.1 Å². The van der Waals surface area contributed by atoms with E-state index in [1.165, 1.54) is 13.8 Å². The van der Waals surface area contributed by atoms with Gasteiger partial charge in [0.05, 0.1) is 6.10 Å². The summed E-state index contributed by atoms with van der Waals surface area (Å²) in [6.07, 6.45) is -0.635. The molecule has 0 aliphatic heterocycles. The van der Waals surface area contributed by atoms with Crippen molar-refractivity contribution in [3.63, 3.8) is 0 Å². The number of benzene rings is 1. The quantitative estimate of drug-likeness (QED) is 0.684. The Morgan fingerprint density at radius 3 is 2.00 bits per heavy atom. The van der Waals surface area contributed by atoms with Crippen molar-refractivity contribution in [1.82, 2.24) is 0 Å². The van der Waals surface area contributed by atoms with Crippen LogP contribution >= 0.6 is 0 Å². The molecule has 102 valence electrons. The van der Waals surface area contributed by atoms with Crippen LogP contribution in [0.5, 0.6) is 5.75 Å². The minimum Gasteiger partial charge on any atom is -0.485 e. The second-order valence-corrected chi connectivity index (χ2v) is 5.23. The van der Waals surface area contributed by atoms with Gasteiger partial charge < -0.3 is 4.74 Å². The summed E-state index contributed by atoms with van der Waals surface area (Å²) in [4.78, 5) is -1.42. The molecule has 0 saturated heterocycles. The molecule has 0 heterocycles. The van der Waals surface area contributed by atoms with Crippen molar-refractivity contribution in [2.45, 2.75) is 31.8 Å². The summed E-state index contributed by atoms with van der Waals surface area (Å²) in [5, 5.41) is 0. The molecule has 4 nitrogen and oxygen atoms in total. The first-order valence-electron chi connectivity index (χ1n) is 4.88. The third-order valence-corrected chi connectivity index (χ3v) is 3.07. The Balaban J connectivity index is 3.66. The third kappa shape index (κ3) is 2.59. The molecular formula is C10H11F3O4S. The Kier molecular flexibility index (Phi) is 3.92. The maximum Gasteiger partial charge on any atom is 0.297 e. The van der Waals surface area contributed by atoms with E-state index < -0.39 is 49.9 Å². The minimum atomic E-state index is -5.06. The van der Waals surface area contributed by atoms with Crippen molar-refractivity contribution in [2.24, 2.45) is 0 Å². The zero-order valence-electron chi connectivity index (χ0n) is 9.79. The molecule has 0 spiro atoms. The lowest BCUT2D eigenvalue weighted by Gasteiger charge is -2.15. The summed E-state index contributed by atoms with van der Waals surface area (Å²) in [6, 6.07) is 0. The van der Waals surface area contributed by atoms with Crippen molar-refractivity contribution >= 4 is 10.1 Å². The summed E-state index contributed by atoms with van der Waals surface area (Å²) in [5.41, 5.74) is -0.743. The maximum atomic E-state index is 13.7. The van der Waals surface area contributed by atoms with Gasteiger partial charge in [0, 0.05) is 5.56 Å². The molecule has 0 unspecified atom stereocenters. The third-order valence-electron chi connectivity index (χ3n) is 2.07. The van der Waals surface area contributed by atoms with E-state index in [9.17, 15) is 21.6 Å². The van der Waals surface area contributed by atoms with E-state index in [-0.39, 0.29) is 0 Å². The second kappa shape index (κ2) is 4.77. The summed E-state index contributed by atoms with van der Waals surface area (Å²) < 4.78 is 75.8. The van der Waals surface area contributed by atoms with Gasteiger partial charge in [0.2, 0.25) is 5.82 Å². The number of hydrogen-bond acceptors (Lipinski definition) is 3. The zero-order valence-corrected chi connectivity index (χ0v) is 10.6. The van der Waals surface area contributed by atoms with E-state index in [4.69, 9.17) is 9.29 Å². The first-order chi connectivity index (χ1) is 8.07. The fraction of sp³-hybridized carbons (Fsp3) is 0.400. The van der Waals surface area contributed by atoms with Crippen molar-refractivity contribution in [3.05, 3.63) is 23.0 Å². The zero-order chi connectivity index (χ0) is 14.2. The van der Waals surface area contributed by atoms with Gasteiger partial charge >= 0.3 is 0 Å². The van der Waals surface area contributed by atoms with Gasteiger partial charge in [-0.2, -0.15) is 12.8 Å². The first-order valence-corrected chi connectivity index (χ1v) is 6.32.